The molecule has 3 aromatic rings. The molecule has 0 bridgehead atoms. The van der Waals surface area contributed by atoms with Crippen LogP contribution in [0.3, 0.4) is 0 Å². The Hall–Kier alpha value is -5.37. The molecule has 0 spiro atoms. The summed E-state index contributed by atoms with van der Waals surface area (Å²) in [7, 11) is 1.57. The summed E-state index contributed by atoms with van der Waals surface area (Å²) in [4.78, 5) is 31.6. The monoisotopic (exact) mass is 577 g/mol. The third-order valence-corrected chi connectivity index (χ3v) is 6.63. The molecular weight excluding hydrogens is 544 g/mol. The average molecular weight is 578 g/mol. The number of quaternary nitrogens is 1. The normalized spacial score (nSPS) is 13.4. The van der Waals surface area contributed by atoms with Gasteiger partial charge in [0.25, 0.3) is 11.8 Å². The van der Waals surface area contributed by atoms with Crippen LogP contribution in [0, 0.1) is 16.7 Å². The molecule has 1 aliphatic heterocycles. The van der Waals surface area contributed by atoms with Gasteiger partial charge in [-0.1, -0.05) is 42.5 Å². The van der Waals surface area contributed by atoms with Crippen molar-refractivity contribution in [2.75, 3.05) is 31.7 Å². The molecular formula is C33H33N6O4+. The standard InChI is InChI=1S/C33H32N6O4/c1-3-39(30-14-13-27(20-34)32(38-30)43-18-17-42-22-23-7-5-4-6-8-23)33(41)26-15-16-37-29(19-26)28(21-35)24-9-11-25(12-10-24)31(40)36-2/h4-16,19,21,35,37H,3,17-18,22H2,1-2H3,(H,36,40)/p+1/b29-28+,35-21?. The summed E-state index contributed by atoms with van der Waals surface area (Å²) in [5, 5.41) is 22.0. The van der Waals surface area contributed by atoms with Crippen molar-refractivity contribution in [1.82, 2.24) is 10.3 Å². The number of carbonyl (C=O) groups excluding carboxylic acids is 2. The van der Waals surface area contributed by atoms with E-state index in [9.17, 15) is 14.9 Å². The molecule has 43 heavy (non-hydrogen) atoms. The highest BCUT2D eigenvalue weighted by molar-refractivity contribution is 6.12. The molecule has 0 saturated heterocycles. The minimum atomic E-state index is -0.294. The number of likely N-dealkylation sites (N-methyl/N-ethyl adjacent to an activating group) is 1. The molecule has 218 valence electrons. The lowest BCUT2D eigenvalue weighted by atomic mass is 10.00. The molecule has 2 heterocycles. The molecule has 4 rings (SSSR count). The Bertz CT molecular complexity index is 1600. The molecule has 0 unspecified atom stereocenters. The fraction of sp³-hybridized carbons (Fsp3) is 0.182. The fourth-order valence-electron chi connectivity index (χ4n) is 4.40. The number of allylic oxidation sites excluding steroid dienone is 2. The first-order valence-electron chi connectivity index (χ1n) is 13.8. The van der Waals surface area contributed by atoms with E-state index in [1.807, 2.05) is 42.6 Å². The van der Waals surface area contributed by atoms with Crippen LogP contribution >= 0.6 is 0 Å². The number of aromatic nitrogens is 1. The molecule has 0 aliphatic carbocycles. The van der Waals surface area contributed by atoms with Gasteiger partial charge < -0.3 is 20.2 Å². The maximum absolute atomic E-state index is 13.7. The number of nitrogens with two attached hydrogens (primary N) is 1. The first kappa shape index (κ1) is 30.6. The van der Waals surface area contributed by atoms with E-state index in [-0.39, 0.29) is 29.9 Å². The van der Waals surface area contributed by atoms with Crippen molar-refractivity contribution < 1.29 is 24.4 Å². The van der Waals surface area contributed by atoms with Crippen molar-refractivity contribution in [3.63, 3.8) is 0 Å². The van der Waals surface area contributed by atoms with Gasteiger partial charge in [0.1, 0.15) is 29.8 Å². The number of anilines is 1. The number of carbonyl (C=O) groups is 2. The van der Waals surface area contributed by atoms with Crippen LogP contribution in [0.25, 0.3) is 5.57 Å². The van der Waals surface area contributed by atoms with Crippen LogP contribution in [0.1, 0.15) is 34.0 Å². The van der Waals surface area contributed by atoms with Crippen molar-refractivity contribution >= 4 is 29.4 Å². The van der Waals surface area contributed by atoms with Crippen LogP contribution in [0.15, 0.2) is 96.4 Å². The number of benzene rings is 2. The number of nitriles is 1. The second kappa shape index (κ2) is 15.0. The van der Waals surface area contributed by atoms with Gasteiger partial charge in [-0.15, -0.1) is 0 Å². The van der Waals surface area contributed by atoms with Crippen molar-refractivity contribution in [3.8, 4) is 11.9 Å². The van der Waals surface area contributed by atoms with Gasteiger partial charge in [-0.05, 0) is 42.3 Å². The van der Waals surface area contributed by atoms with Crippen LogP contribution < -0.4 is 20.3 Å². The Morgan fingerprint density at radius 1 is 1.07 bits per heavy atom. The maximum atomic E-state index is 13.7. The van der Waals surface area contributed by atoms with E-state index >= 15 is 0 Å². The summed E-state index contributed by atoms with van der Waals surface area (Å²) < 4.78 is 11.4. The van der Waals surface area contributed by atoms with Crippen LogP contribution in [0.4, 0.5) is 5.82 Å². The number of amides is 2. The minimum Gasteiger partial charge on any atom is -0.474 e. The van der Waals surface area contributed by atoms with E-state index in [1.165, 1.54) is 11.1 Å². The Morgan fingerprint density at radius 3 is 2.49 bits per heavy atom. The predicted molar refractivity (Wildman–Crippen MR) is 163 cm³/mol. The fourth-order valence-corrected chi connectivity index (χ4v) is 4.40. The van der Waals surface area contributed by atoms with Gasteiger partial charge in [-0.3, -0.25) is 19.8 Å². The third kappa shape index (κ3) is 7.68. The SMILES string of the molecule is CCN(C(=O)C1=C/C(=C(/C=N)c2ccc(C(=O)NC)cc2)[NH2+]C=C1)c1ccc(C#N)c(OCCOCc2ccccc2)n1. The molecule has 0 saturated carbocycles. The number of nitrogens with zero attached hydrogens (tertiary/aromatic N) is 3. The Balaban J connectivity index is 1.50. The smallest absolute Gasteiger partial charge is 0.259 e. The number of rotatable bonds is 12. The van der Waals surface area contributed by atoms with E-state index in [0.717, 1.165) is 11.1 Å². The van der Waals surface area contributed by atoms with Gasteiger partial charge in [-0.2, -0.15) is 10.2 Å². The Labute approximate surface area is 250 Å². The van der Waals surface area contributed by atoms with E-state index in [2.05, 4.69) is 16.4 Å². The summed E-state index contributed by atoms with van der Waals surface area (Å²) in [5.74, 6) is -0.0179. The summed E-state index contributed by atoms with van der Waals surface area (Å²) in [5.41, 5.74) is 4.23. The zero-order valence-electron chi connectivity index (χ0n) is 24.0. The lowest BCUT2D eigenvalue weighted by molar-refractivity contribution is -0.529. The van der Waals surface area contributed by atoms with Gasteiger partial charge in [0.05, 0.1) is 30.6 Å². The largest absolute Gasteiger partial charge is 0.474 e. The van der Waals surface area contributed by atoms with Gasteiger partial charge >= 0.3 is 0 Å². The lowest BCUT2D eigenvalue weighted by Gasteiger charge is -2.22. The summed E-state index contributed by atoms with van der Waals surface area (Å²) >= 11 is 0. The van der Waals surface area contributed by atoms with Crippen molar-refractivity contribution in [3.05, 3.63) is 119 Å². The lowest BCUT2D eigenvalue weighted by Crippen LogP contribution is -2.76. The molecule has 2 amide bonds. The number of hydrogen-bond donors (Lipinski definition) is 3. The number of nitrogens with one attached hydrogen (secondary N) is 2. The molecule has 0 fully saturated rings. The van der Waals surface area contributed by atoms with Gasteiger partial charge in [0, 0.05) is 37.5 Å². The van der Waals surface area contributed by atoms with Crippen molar-refractivity contribution in [2.24, 2.45) is 0 Å². The van der Waals surface area contributed by atoms with Crippen LogP contribution in [0.2, 0.25) is 0 Å². The van der Waals surface area contributed by atoms with Crippen molar-refractivity contribution in [1.29, 1.82) is 10.7 Å². The molecule has 0 atom stereocenters. The third-order valence-electron chi connectivity index (χ3n) is 6.63. The molecule has 2 aromatic carbocycles. The zero-order valence-corrected chi connectivity index (χ0v) is 24.0. The van der Waals surface area contributed by atoms with Crippen LogP contribution in [0.5, 0.6) is 5.88 Å². The minimum absolute atomic E-state index is 0.128. The number of ether oxygens (including phenoxy) is 2. The quantitative estimate of drug-likeness (QED) is 0.222. The van der Waals surface area contributed by atoms with Gasteiger partial charge in [-0.25, -0.2) is 0 Å². The summed E-state index contributed by atoms with van der Waals surface area (Å²) in [6, 6.07) is 22.0. The topological polar surface area (TPSA) is 145 Å². The molecule has 1 aliphatic rings. The number of hydrogen-bond acceptors (Lipinski definition) is 7. The average Bonchev–Trinajstić information content (AvgIpc) is 3.06. The van der Waals surface area contributed by atoms with Crippen molar-refractivity contribution in [2.45, 2.75) is 13.5 Å². The highest BCUT2D eigenvalue weighted by Gasteiger charge is 2.23. The van der Waals surface area contributed by atoms with E-state index in [4.69, 9.17) is 14.9 Å². The Morgan fingerprint density at radius 2 is 1.81 bits per heavy atom. The van der Waals surface area contributed by atoms with E-state index in [1.54, 1.807) is 61.8 Å². The summed E-state index contributed by atoms with van der Waals surface area (Å²) in [6.07, 6.45) is 6.42. The molecule has 0 radical (unpaired) electrons. The number of pyridine rings is 1. The molecule has 10 heteroatoms. The first-order chi connectivity index (χ1) is 21.0. The predicted octanol–water partition coefficient (Wildman–Crippen LogP) is 3.34. The highest BCUT2D eigenvalue weighted by Crippen LogP contribution is 2.24. The maximum Gasteiger partial charge on any atom is 0.259 e. The second-order valence-electron chi connectivity index (χ2n) is 9.37. The van der Waals surface area contributed by atoms with Gasteiger partial charge in [0.15, 0.2) is 0 Å². The first-order valence-corrected chi connectivity index (χ1v) is 13.8. The molecule has 4 N–H and O–H groups in total. The molecule has 1 aromatic heterocycles. The Kier molecular flexibility index (Phi) is 10.7. The van der Waals surface area contributed by atoms with Crippen LogP contribution in [-0.4, -0.2) is 49.8 Å². The van der Waals surface area contributed by atoms with Crippen LogP contribution in [-0.2, 0) is 16.1 Å². The highest BCUT2D eigenvalue weighted by atomic mass is 16.5. The molecule has 10 nitrogen and oxygen atoms in total. The van der Waals surface area contributed by atoms with Gasteiger partial charge in [0.2, 0.25) is 5.88 Å². The summed E-state index contributed by atoms with van der Waals surface area (Å²) in [6.45, 7) is 3.09. The van der Waals surface area contributed by atoms with E-state index < -0.39 is 0 Å². The van der Waals surface area contributed by atoms with E-state index in [0.29, 0.717) is 48.0 Å². The zero-order chi connectivity index (χ0) is 30.6. The second-order valence-corrected chi connectivity index (χ2v) is 9.37.